The minimum atomic E-state index is -0.0552. The Morgan fingerprint density at radius 2 is 1.64 bits per heavy atom. The fraction of sp³-hybridized carbons (Fsp3) is 0.500. The monoisotopic (exact) mass is 342 g/mol. The van der Waals surface area contributed by atoms with Gasteiger partial charge in [-0.1, -0.05) is 0 Å². The van der Waals surface area contributed by atoms with E-state index < -0.39 is 0 Å². The lowest BCUT2D eigenvalue weighted by molar-refractivity contribution is 0.415. The van der Waals surface area contributed by atoms with Crippen LogP contribution in [-0.4, -0.2) is 54.0 Å². The van der Waals surface area contributed by atoms with Crippen LogP contribution in [0.3, 0.4) is 0 Å². The first kappa shape index (κ1) is 17.3. The quantitative estimate of drug-likeness (QED) is 0.915. The van der Waals surface area contributed by atoms with Crippen LogP contribution in [0.4, 0.5) is 17.5 Å². The highest BCUT2D eigenvalue weighted by Crippen LogP contribution is 2.22. The lowest BCUT2D eigenvalue weighted by Gasteiger charge is -2.36. The molecule has 1 aliphatic rings. The summed E-state index contributed by atoms with van der Waals surface area (Å²) in [5, 5.41) is 11.6. The standard InChI is InChI=1S/C18H26N6O/c1-18(2,3)21-16-13-19-22-17(20-16)24-11-9-23(10-12-24)14-5-7-15(25-4)8-6-14/h5-8,13H,9-12H2,1-4H3,(H,20,21,22). The summed E-state index contributed by atoms with van der Waals surface area (Å²) in [7, 11) is 1.68. The Hall–Kier alpha value is -2.57. The van der Waals surface area contributed by atoms with Gasteiger partial charge in [-0.2, -0.15) is 10.1 Å². The Morgan fingerprint density at radius 3 is 2.24 bits per heavy atom. The molecule has 25 heavy (non-hydrogen) atoms. The summed E-state index contributed by atoms with van der Waals surface area (Å²) < 4.78 is 5.22. The van der Waals surface area contributed by atoms with Gasteiger partial charge in [0, 0.05) is 37.4 Å². The number of piperazine rings is 1. The maximum Gasteiger partial charge on any atom is 0.247 e. The normalized spacial score (nSPS) is 15.2. The Balaban J connectivity index is 1.63. The van der Waals surface area contributed by atoms with E-state index in [0.29, 0.717) is 5.95 Å². The number of nitrogens with zero attached hydrogens (tertiary/aromatic N) is 5. The van der Waals surface area contributed by atoms with Gasteiger partial charge in [0.2, 0.25) is 5.95 Å². The van der Waals surface area contributed by atoms with Crippen molar-refractivity contribution in [2.45, 2.75) is 26.3 Å². The molecule has 0 amide bonds. The number of aromatic nitrogens is 3. The lowest BCUT2D eigenvalue weighted by Crippen LogP contribution is -2.47. The molecule has 1 saturated heterocycles. The van der Waals surface area contributed by atoms with Gasteiger partial charge in [0.25, 0.3) is 0 Å². The summed E-state index contributed by atoms with van der Waals surface area (Å²) in [4.78, 5) is 9.15. The van der Waals surface area contributed by atoms with E-state index in [4.69, 9.17) is 4.74 Å². The molecule has 0 spiro atoms. The fourth-order valence-corrected chi connectivity index (χ4v) is 2.83. The molecule has 0 unspecified atom stereocenters. The molecule has 2 aromatic rings. The molecular formula is C18H26N6O. The van der Waals surface area contributed by atoms with E-state index in [1.54, 1.807) is 13.3 Å². The number of anilines is 3. The van der Waals surface area contributed by atoms with Crippen molar-refractivity contribution in [2.75, 3.05) is 48.4 Å². The first-order chi connectivity index (χ1) is 11.9. The fourth-order valence-electron chi connectivity index (χ4n) is 2.83. The summed E-state index contributed by atoms with van der Waals surface area (Å²) in [6.45, 7) is 9.88. The highest BCUT2D eigenvalue weighted by molar-refractivity contribution is 5.51. The summed E-state index contributed by atoms with van der Waals surface area (Å²) in [5.74, 6) is 2.32. The largest absolute Gasteiger partial charge is 0.497 e. The number of hydrogen-bond acceptors (Lipinski definition) is 7. The molecule has 0 bridgehead atoms. The van der Waals surface area contributed by atoms with Gasteiger partial charge in [-0.3, -0.25) is 0 Å². The van der Waals surface area contributed by atoms with Gasteiger partial charge in [0.05, 0.1) is 13.3 Å². The van der Waals surface area contributed by atoms with Crippen molar-refractivity contribution >= 4 is 17.5 Å². The van der Waals surface area contributed by atoms with E-state index in [2.05, 4.69) is 63.2 Å². The van der Waals surface area contributed by atoms with Crippen LogP contribution < -0.4 is 19.9 Å². The number of hydrogen-bond donors (Lipinski definition) is 1. The topological polar surface area (TPSA) is 66.4 Å². The summed E-state index contributed by atoms with van der Waals surface area (Å²) in [5.41, 5.74) is 1.16. The van der Waals surface area contributed by atoms with Crippen LogP contribution >= 0.6 is 0 Å². The number of ether oxygens (including phenoxy) is 1. The van der Waals surface area contributed by atoms with Crippen LogP contribution in [0.5, 0.6) is 5.75 Å². The summed E-state index contributed by atoms with van der Waals surface area (Å²) >= 11 is 0. The Kier molecular flexibility index (Phi) is 4.92. The molecule has 7 nitrogen and oxygen atoms in total. The molecule has 1 N–H and O–H groups in total. The maximum atomic E-state index is 5.22. The first-order valence-corrected chi connectivity index (χ1v) is 8.56. The van der Waals surface area contributed by atoms with Crippen LogP contribution in [0.15, 0.2) is 30.5 Å². The van der Waals surface area contributed by atoms with E-state index in [1.807, 2.05) is 12.1 Å². The molecule has 1 aromatic heterocycles. The molecule has 0 radical (unpaired) electrons. The molecule has 7 heteroatoms. The van der Waals surface area contributed by atoms with Gasteiger partial charge >= 0.3 is 0 Å². The van der Waals surface area contributed by atoms with Crippen LogP contribution in [0, 0.1) is 0 Å². The Morgan fingerprint density at radius 1 is 1.00 bits per heavy atom. The van der Waals surface area contributed by atoms with Gasteiger partial charge in [-0.05, 0) is 45.0 Å². The smallest absolute Gasteiger partial charge is 0.247 e. The molecule has 0 aliphatic carbocycles. The Labute approximate surface area is 149 Å². The van der Waals surface area contributed by atoms with Crippen molar-refractivity contribution in [3.63, 3.8) is 0 Å². The molecule has 1 aliphatic heterocycles. The third-order valence-corrected chi connectivity index (χ3v) is 4.05. The van der Waals surface area contributed by atoms with Crippen molar-refractivity contribution in [1.29, 1.82) is 0 Å². The first-order valence-electron chi connectivity index (χ1n) is 8.56. The maximum absolute atomic E-state index is 5.22. The zero-order chi connectivity index (χ0) is 17.9. The van der Waals surface area contributed by atoms with Crippen LogP contribution in [0.25, 0.3) is 0 Å². The van der Waals surface area contributed by atoms with E-state index in [0.717, 1.165) is 37.7 Å². The van der Waals surface area contributed by atoms with Crippen LogP contribution in [0.1, 0.15) is 20.8 Å². The molecule has 1 aromatic carbocycles. The van der Waals surface area contributed by atoms with Gasteiger partial charge in [0.1, 0.15) is 5.75 Å². The van der Waals surface area contributed by atoms with Crippen molar-refractivity contribution in [3.8, 4) is 5.75 Å². The zero-order valence-electron chi connectivity index (χ0n) is 15.4. The van der Waals surface area contributed by atoms with E-state index in [9.17, 15) is 0 Å². The molecule has 0 saturated carbocycles. The van der Waals surface area contributed by atoms with Crippen LogP contribution in [-0.2, 0) is 0 Å². The predicted molar refractivity (Wildman–Crippen MR) is 101 cm³/mol. The van der Waals surface area contributed by atoms with Crippen LogP contribution in [0.2, 0.25) is 0 Å². The highest BCUT2D eigenvalue weighted by Gasteiger charge is 2.20. The number of nitrogens with one attached hydrogen (secondary N) is 1. The molecular weight excluding hydrogens is 316 g/mol. The van der Waals surface area contributed by atoms with Gasteiger partial charge < -0.3 is 19.9 Å². The van der Waals surface area contributed by atoms with Gasteiger partial charge in [-0.15, -0.1) is 5.10 Å². The van der Waals surface area contributed by atoms with Gasteiger partial charge in [-0.25, -0.2) is 0 Å². The second-order valence-electron chi connectivity index (χ2n) is 7.19. The number of rotatable bonds is 4. The molecule has 3 rings (SSSR count). The number of methoxy groups -OCH3 is 1. The molecule has 134 valence electrons. The minimum Gasteiger partial charge on any atom is -0.497 e. The Bertz CT molecular complexity index is 689. The van der Waals surface area contributed by atoms with E-state index >= 15 is 0 Å². The minimum absolute atomic E-state index is 0.0552. The highest BCUT2D eigenvalue weighted by atomic mass is 16.5. The summed E-state index contributed by atoms with van der Waals surface area (Å²) in [6, 6.07) is 8.19. The zero-order valence-corrected chi connectivity index (χ0v) is 15.4. The molecule has 1 fully saturated rings. The van der Waals surface area contributed by atoms with Crippen molar-refractivity contribution in [3.05, 3.63) is 30.5 Å². The SMILES string of the molecule is COc1ccc(N2CCN(c3nncc(NC(C)(C)C)n3)CC2)cc1. The molecule has 0 atom stereocenters. The predicted octanol–water partition coefficient (Wildman–Crippen LogP) is 2.42. The third kappa shape index (κ3) is 4.49. The lowest BCUT2D eigenvalue weighted by atomic mass is 10.1. The molecule has 2 heterocycles. The third-order valence-electron chi connectivity index (χ3n) is 4.05. The van der Waals surface area contributed by atoms with E-state index in [-0.39, 0.29) is 5.54 Å². The van der Waals surface area contributed by atoms with Crippen molar-refractivity contribution in [2.24, 2.45) is 0 Å². The van der Waals surface area contributed by atoms with E-state index in [1.165, 1.54) is 5.69 Å². The van der Waals surface area contributed by atoms with Crippen molar-refractivity contribution < 1.29 is 4.74 Å². The average Bonchev–Trinajstić information content (AvgIpc) is 2.61. The van der Waals surface area contributed by atoms with Gasteiger partial charge in [0.15, 0.2) is 5.82 Å². The van der Waals surface area contributed by atoms with Crippen molar-refractivity contribution in [1.82, 2.24) is 15.2 Å². The summed E-state index contributed by atoms with van der Waals surface area (Å²) in [6.07, 6.45) is 1.67. The second kappa shape index (κ2) is 7.13. The average molecular weight is 342 g/mol. The second-order valence-corrected chi connectivity index (χ2v) is 7.19. The number of benzene rings is 1.